The zero-order valence-electron chi connectivity index (χ0n) is 18.0. The van der Waals surface area contributed by atoms with Crippen LogP contribution in [0.1, 0.15) is 15.9 Å². The van der Waals surface area contributed by atoms with Crippen LogP contribution in [0.15, 0.2) is 80.8 Å². The summed E-state index contributed by atoms with van der Waals surface area (Å²) < 4.78 is 15.8. The molecule has 1 aromatic heterocycles. The first-order valence-corrected chi connectivity index (χ1v) is 11.0. The van der Waals surface area contributed by atoms with Gasteiger partial charge in [0, 0.05) is 38.9 Å². The second kappa shape index (κ2) is 9.70. The van der Waals surface area contributed by atoms with E-state index < -0.39 is 5.63 Å². The van der Waals surface area contributed by atoms with Crippen LogP contribution in [-0.2, 0) is 5.75 Å². The zero-order chi connectivity index (χ0) is 23.4. The van der Waals surface area contributed by atoms with Crippen LogP contribution >= 0.6 is 11.8 Å². The van der Waals surface area contributed by atoms with E-state index in [9.17, 15) is 14.7 Å². The molecule has 3 aromatic carbocycles. The zero-order valence-corrected chi connectivity index (χ0v) is 18.8. The molecule has 168 valence electrons. The molecule has 0 atom stereocenters. The minimum absolute atomic E-state index is 0.0414. The Morgan fingerprint density at radius 3 is 2.61 bits per heavy atom. The summed E-state index contributed by atoms with van der Waals surface area (Å²) in [5.74, 6) is 1.17. The Morgan fingerprint density at radius 1 is 1.00 bits per heavy atom. The van der Waals surface area contributed by atoms with Gasteiger partial charge in [0.15, 0.2) is 11.5 Å². The molecule has 0 saturated heterocycles. The van der Waals surface area contributed by atoms with Crippen molar-refractivity contribution < 1.29 is 23.8 Å². The van der Waals surface area contributed by atoms with Gasteiger partial charge < -0.3 is 24.3 Å². The number of carbonyl (C=O) groups is 1. The highest BCUT2D eigenvalue weighted by Gasteiger charge is 2.12. The second-order valence-electron chi connectivity index (χ2n) is 7.12. The number of thioether (sulfide) groups is 1. The molecule has 0 bridgehead atoms. The molecule has 0 unspecified atom stereocenters. The van der Waals surface area contributed by atoms with E-state index >= 15 is 0 Å². The fraction of sp³-hybridized carbons (Fsp3) is 0.120. The van der Waals surface area contributed by atoms with Gasteiger partial charge in [-0.1, -0.05) is 6.07 Å². The van der Waals surface area contributed by atoms with Gasteiger partial charge in [-0.15, -0.1) is 11.8 Å². The number of benzene rings is 3. The van der Waals surface area contributed by atoms with Crippen LogP contribution in [0, 0.1) is 0 Å². The van der Waals surface area contributed by atoms with Crippen LogP contribution in [0.3, 0.4) is 0 Å². The molecule has 8 heteroatoms. The summed E-state index contributed by atoms with van der Waals surface area (Å²) in [6, 6.07) is 18.7. The van der Waals surface area contributed by atoms with E-state index in [-0.39, 0.29) is 11.7 Å². The van der Waals surface area contributed by atoms with Gasteiger partial charge in [-0.05, 0) is 54.6 Å². The number of nitrogens with one attached hydrogen (secondary N) is 1. The standard InChI is InChI=1S/C25H21NO6S/c1-30-21-9-7-16(11-23(21)31-2)24(28)26-18-4-3-5-20(12-18)33-14-17-10-15-6-8-19(27)13-22(15)32-25(17)29/h3-13,27H,14H2,1-2H3,(H,26,28). The van der Waals surface area contributed by atoms with Gasteiger partial charge in [0.25, 0.3) is 5.91 Å². The summed E-state index contributed by atoms with van der Waals surface area (Å²) in [6.45, 7) is 0. The van der Waals surface area contributed by atoms with Gasteiger partial charge in [0.2, 0.25) is 0 Å². The number of phenolic OH excluding ortho intramolecular Hbond substituents is 1. The quantitative estimate of drug-likeness (QED) is 0.292. The number of hydrogen-bond donors (Lipinski definition) is 2. The molecular weight excluding hydrogens is 442 g/mol. The fourth-order valence-electron chi connectivity index (χ4n) is 3.25. The Labute approximate surface area is 194 Å². The van der Waals surface area contributed by atoms with E-state index in [2.05, 4.69) is 5.32 Å². The molecule has 33 heavy (non-hydrogen) atoms. The lowest BCUT2D eigenvalue weighted by atomic mass is 10.2. The number of rotatable bonds is 7. The maximum atomic E-state index is 12.7. The first kappa shape index (κ1) is 22.3. The predicted octanol–water partition coefficient (Wildman–Crippen LogP) is 5.06. The highest BCUT2D eigenvalue weighted by atomic mass is 32.2. The van der Waals surface area contributed by atoms with Gasteiger partial charge in [-0.2, -0.15) is 0 Å². The Balaban J connectivity index is 1.47. The highest BCUT2D eigenvalue weighted by molar-refractivity contribution is 7.98. The van der Waals surface area contributed by atoms with E-state index in [1.165, 1.54) is 32.0 Å². The Morgan fingerprint density at radius 2 is 1.82 bits per heavy atom. The monoisotopic (exact) mass is 463 g/mol. The van der Waals surface area contributed by atoms with E-state index in [0.717, 1.165) is 10.3 Å². The first-order chi connectivity index (χ1) is 16.0. The molecule has 4 rings (SSSR count). The van der Waals surface area contributed by atoms with Crippen molar-refractivity contribution >= 4 is 34.3 Å². The number of carbonyl (C=O) groups excluding carboxylic acids is 1. The van der Waals surface area contributed by atoms with Crippen LogP contribution in [0.2, 0.25) is 0 Å². The summed E-state index contributed by atoms with van der Waals surface area (Å²) in [4.78, 5) is 25.9. The Bertz CT molecular complexity index is 1380. The van der Waals surface area contributed by atoms with Crippen LogP contribution in [0.25, 0.3) is 11.0 Å². The molecule has 0 fully saturated rings. The normalized spacial score (nSPS) is 10.7. The SMILES string of the molecule is COc1ccc(C(=O)Nc2cccc(SCc3cc4ccc(O)cc4oc3=O)c2)cc1OC. The summed E-state index contributed by atoms with van der Waals surface area (Å²) in [5, 5.41) is 13.2. The number of fused-ring (bicyclic) bond motifs is 1. The summed E-state index contributed by atoms with van der Waals surface area (Å²) in [7, 11) is 3.05. The van der Waals surface area contributed by atoms with Gasteiger partial charge in [0.1, 0.15) is 11.3 Å². The molecule has 0 aliphatic heterocycles. The summed E-state index contributed by atoms with van der Waals surface area (Å²) >= 11 is 1.45. The van der Waals surface area contributed by atoms with Crippen molar-refractivity contribution in [2.75, 3.05) is 19.5 Å². The first-order valence-electron chi connectivity index (χ1n) is 9.99. The highest BCUT2D eigenvalue weighted by Crippen LogP contribution is 2.29. The number of phenols is 1. The lowest BCUT2D eigenvalue weighted by Crippen LogP contribution is -2.12. The number of methoxy groups -OCH3 is 2. The van der Waals surface area contributed by atoms with Crippen LogP contribution in [0.4, 0.5) is 5.69 Å². The summed E-state index contributed by atoms with van der Waals surface area (Å²) in [5.41, 5.74) is 1.47. The minimum Gasteiger partial charge on any atom is -0.508 e. The van der Waals surface area contributed by atoms with E-state index in [4.69, 9.17) is 13.9 Å². The number of ether oxygens (including phenoxy) is 2. The molecule has 4 aromatic rings. The van der Waals surface area contributed by atoms with Crippen molar-refractivity contribution in [2.45, 2.75) is 10.6 Å². The maximum Gasteiger partial charge on any atom is 0.340 e. The smallest absolute Gasteiger partial charge is 0.340 e. The third kappa shape index (κ3) is 5.12. The van der Waals surface area contributed by atoms with Crippen molar-refractivity contribution in [3.63, 3.8) is 0 Å². The summed E-state index contributed by atoms with van der Waals surface area (Å²) in [6.07, 6.45) is 0. The van der Waals surface area contributed by atoms with E-state index in [1.54, 1.807) is 42.5 Å². The second-order valence-corrected chi connectivity index (χ2v) is 8.17. The Hall–Kier alpha value is -3.91. The number of anilines is 1. The Kier molecular flexibility index (Phi) is 6.55. The molecule has 0 aliphatic carbocycles. The molecule has 1 heterocycles. The molecular formula is C25H21NO6S. The van der Waals surface area contributed by atoms with Crippen LogP contribution in [-0.4, -0.2) is 25.2 Å². The van der Waals surface area contributed by atoms with Crippen molar-refractivity contribution in [3.05, 3.63) is 88.3 Å². The third-order valence-electron chi connectivity index (χ3n) is 4.92. The molecule has 0 saturated carbocycles. The predicted molar refractivity (Wildman–Crippen MR) is 128 cm³/mol. The molecule has 0 radical (unpaired) electrons. The lowest BCUT2D eigenvalue weighted by Gasteiger charge is -2.11. The van der Waals surface area contributed by atoms with Crippen molar-refractivity contribution in [1.82, 2.24) is 0 Å². The van der Waals surface area contributed by atoms with Gasteiger partial charge in [-0.3, -0.25) is 4.79 Å². The largest absolute Gasteiger partial charge is 0.508 e. The lowest BCUT2D eigenvalue weighted by molar-refractivity contribution is 0.102. The average molecular weight is 464 g/mol. The third-order valence-corrected chi connectivity index (χ3v) is 5.97. The molecule has 0 aliphatic rings. The number of hydrogen-bond acceptors (Lipinski definition) is 7. The molecule has 2 N–H and O–H groups in total. The van der Waals surface area contributed by atoms with Crippen LogP contribution < -0.4 is 20.4 Å². The minimum atomic E-state index is -0.446. The van der Waals surface area contributed by atoms with Crippen molar-refractivity contribution in [3.8, 4) is 17.2 Å². The van der Waals surface area contributed by atoms with E-state index in [0.29, 0.717) is 39.6 Å². The molecule has 7 nitrogen and oxygen atoms in total. The molecule has 0 spiro atoms. The van der Waals surface area contributed by atoms with Crippen molar-refractivity contribution in [1.29, 1.82) is 0 Å². The van der Waals surface area contributed by atoms with E-state index in [1.807, 2.05) is 18.2 Å². The van der Waals surface area contributed by atoms with Gasteiger partial charge in [0.05, 0.1) is 14.2 Å². The van der Waals surface area contributed by atoms with Crippen LogP contribution in [0.5, 0.6) is 17.2 Å². The fourth-order valence-corrected chi connectivity index (χ4v) is 4.16. The average Bonchev–Trinajstić information content (AvgIpc) is 2.82. The topological polar surface area (TPSA) is 98.0 Å². The van der Waals surface area contributed by atoms with Gasteiger partial charge >= 0.3 is 5.63 Å². The maximum absolute atomic E-state index is 12.7. The number of aromatic hydroxyl groups is 1. The van der Waals surface area contributed by atoms with Crippen molar-refractivity contribution in [2.24, 2.45) is 0 Å². The van der Waals surface area contributed by atoms with Gasteiger partial charge in [-0.25, -0.2) is 4.79 Å². The molecule has 1 amide bonds. The number of amides is 1.